The maximum atomic E-state index is 12.8. The van der Waals surface area contributed by atoms with Gasteiger partial charge in [0.05, 0.1) is 10.7 Å². The van der Waals surface area contributed by atoms with Crippen molar-refractivity contribution in [3.8, 4) is 6.07 Å². The second kappa shape index (κ2) is 6.20. The zero-order chi connectivity index (χ0) is 16.5. The number of thiazole rings is 1. The number of hydrogen-bond donors (Lipinski definition) is 1. The van der Waals surface area contributed by atoms with E-state index in [2.05, 4.69) is 10.4 Å². The Labute approximate surface area is 137 Å². The maximum Gasteiger partial charge on any atom is 0.435 e. The average Bonchev–Trinajstić information content (AvgIpc) is 2.86. The standard InChI is InChI=1S/C12H7Cl2F3N4S/c1-21(20-8-3-2-6(13)4-7(8)14)11-19-10(12(15,16)17)9(5-18)22-11/h2-4,20H,1H3. The summed E-state index contributed by atoms with van der Waals surface area (Å²) >= 11 is 12.4. The molecule has 0 spiro atoms. The van der Waals surface area contributed by atoms with Crippen LogP contribution in [0.2, 0.25) is 10.0 Å². The van der Waals surface area contributed by atoms with E-state index in [0.29, 0.717) is 27.1 Å². The highest BCUT2D eigenvalue weighted by atomic mass is 35.5. The van der Waals surface area contributed by atoms with Gasteiger partial charge in [-0.3, -0.25) is 10.4 Å². The molecule has 0 aliphatic rings. The van der Waals surface area contributed by atoms with E-state index in [1.54, 1.807) is 12.1 Å². The van der Waals surface area contributed by atoms with Crippen LogP contribution >= 0.6 is 34.5 Å². The van der Waals surface area contributed by atoms with Gasteiger partial charge in [-0.15, -0.1) is 0 Å². The Bertz CT molecular complexity index is 739. The van der Waals surface area contributed by atoms with E-state index in [0.717, 1.165) is 0 Å². The van der Waals surface area contributed by atoms with E-state index in [-0.39, 0.29) is 5.13 Å². The molecule has 116 valence electrons. The van der Waals surface area contributed by atoms with Crippen molar-refractivity contribution in [3.63, 3.8) is 0 Å². The van der Waals surface area contributed by atoms with Gasteiger partial charge in [-0.25, -0.2) is 4.98 Å². The van der Waals surface area contributed by atoms with Crippen molar-refractivity contribution in [3.05, 3.63) is 38.8 Å². The highest BCUT2D eigenvalue weighted by Gasteiger charge is 2.38. The first-order valence-electron chi connectivity index (χ1n) is 5.66. The molecule has 2 aromatic rings. The number of anilines is 2. The first kappa shape index (κ1) is 16.7. The average molecular weight is 367 g/mol. The predicted octanol–water partition coefficient (Wildman–Crippen LogP) is 4.80. The first-order valence-corrected chi connectivity index (χ1v) is 7.23. The van der Waals surface area contributed by atoms with Crippen molar-refractivity contribution in [2.24, 2.45) is 0 Å². The molecule has 0 saturated heterocycles. The second-order valence-electron chi connectivity index (χ2n) is 4.08. The Kier molecular flexibility index (Phi) is 4.70. The van der Waals surface area contributed by atoms with E-state index < -0.39 is 16.7 Å². The van der Waals surface area contributed by atoms with Crippen molar-refractivity contribution in [2.75, 3.05) is 17.5 Å². The summed E-state index contributed by atoms with van der Waals surface area (Å²) in [5, 5.41) is 10.7. The number of hydrazine groups is 1. The second-order valence-corrected chi connectivity index (χ2v) is 5.90. The van der Waals surface area contributed by atoms with Crippen molar-refractivity contribution in [1.29, 1.82) is 5.26 Å². The zero-order valence-electron chi connectivity index (χ0n) is 10.9. The Hall–Kier alpha value is -1.69. The Morgan fingerprint density at radius 1 is 1.36 bits per heavy atom. The normalized spacial score (nSPS) is 11.1. The lowest BCUT2D eigenvalue weighted by Crippen LogP contribution is -2.24. The highest BCUT2D eigenvalue weighted by molar-refractivity contribution is 7.16. The Balaban J connectivity index is 2.29. The third-order valence-electron chi connectivity index (χ3n) is 2.49. The fourth-order valence-corrected chi connectivity index (χ4v) is 2.79. The number of nitrogens with zero attached hydrogens (tertiary/aromatic N) is 3. The molecule has 0 amide bonds. The summed E-state index contributed by atoms with van der Waals surface area (Å²) in [6.45, 7) is 0. The van der Waals surface area contributed by atoms with E-state index in [1.807, 2.05) is 0 Å². The van der Waals surface area contributed by atoms with Crippen LogP contribution in [0.3, 0.4) is 0 Å². The summed E-state index contributed by atoms with van der Waals surface area (Å²) in [7, 11) is 1.46. The van der Waals surface area contributed by atoms with Gasteiger partial charge in [-0.05, 0) is 18.2 Å². The van der Waals surface area contributed by atoms with Gasteiger partial charge in [0.1, 0.15) is 10.9 Å². The molecule has 0 aliphatic carbocycles. The SMILES string of the molecule is CN(Nc1ccc(Cl)cc1Cl)c1nc(C(F)(F)F)c(C#N)s1. The zero-order valence-corrected chi connectivity index (χ0v) is 13.2. The smallest absolute Gasteiger partial charge is 0.295 e. The predicted molar refractivity (Wildman–Crippen MR) is 80.3 cm³/mol. The summed E-state index contributed by atoms with van der Waals surface area (Å²) < 4.78 is 38.3. The van der Waals surface area contributed by atoms with E-state index in [4.69, 9.17) is 28.5 Å². The number of aromatic nitrogens is 1. The molecule has 0 fully saturated rings. The van der Waals surface area contributed by atoms with Crippen LogP contribution in [0.15, 0.2) is 18.2 Å². The van der Waals surface area contributed by atoms with Crippen molar-refractivity contribution >= 4 is 45.4 Å². The molecule has 4 nitrogen and oxygen atoms in total. The topological polar surface area (TPSA) is 52.0 Å². The minimum absolute atomic E-state index is 0.0186. The molecule has 0 unspecified atom stereocenters. The first-order chi connectivity index (χ1) is 10.2. The van der Waals surface area contributed by atoms with Gasteiger partial charge in [0.15, 0.2) is 5.69 Å². The van der Waals surface area contributed by atoms with E-state index in [1.165, 1.54) is 24.2 Å². The minimum Gasteiger partial charge on any atom is -0.295 e. The lowest BCUT2D eigenvalue weighted by molar-refractivity contribution is -0.140. The quantitative estimate of drug-likeness (QED) is 0.792. The van der Waals surface area contributed by atoms with Crippen LogP contribution in [0.1, 0.15) is 10.6 Å². The largest absolute Gasteiger partial charge is 0.435 e. The fraction of sp³-hybridized carbons (Fsp3) is 0.167. The van der Waals surface area contributed by atoms with Gasteiger partial charge < -0.3 is 0 Å². The van der Waals surface area contributed by atoms with Gasteiger partial charge in [0.2, 0.25) is 5.13 Å². The summed E-state index contributed by atoms with van der Waals surface area (Å²) in [6.07, 6.45) is -4.68. The molecule has 1 N–H and O–H groups in total. The van der Waals surface area contributed by atoms with Gasteiger partial charge in [-0.2, -0.15) is 18.4 Å². The van der Waals surface area contributed by atoms with Crippen LogP contribution in [0.25, 0.3) is 0 Å². The summed E-state index contributed by atoms with van der Waals surface area (Å²) in [5.41, 5.74) is 2.02. The van der Waals surface area contributed by atoms with Gasteiger partial charge >= 0.3 is 6.18 Å². The molecule has 10 heteroatoms. The van der Waals surface area contributed by atoms with Gasteiger partial charge in [0, 0.05) is 12.1 Å². The minimum atomic E-state index is -4.68. The Morgan fingerprint density at radius 2 is 2.05 bits per heavy atom. The lowest BCUT2D eigenvalue weighted by atomic mass is 10.3. The molecule has 22 heavy (non-hydrogen) atoms. The lowest BCUT2D eigenvalue weighted by Gasteiger charge is -2.19. The maximum absolute atomic E-state index is 12.8. The van der Waals surface area contributed by atoms with Gasteiger partial charge in [0.25, 0.3) is 0 Å². The van der Waals surface area contributed by atoms with Gasteiger partial charge in [-0.1, -0.05) is 34.5 Å². The van der Waals surface area contributed by atoms with Crippen molar-refractivity contribution in [1.82, 2.24) is 4.98 Å². The van der Waals surface area contributed by atoms with E-state index in [9.17, 15) is 13.2 Å². The van der Waals surface area contributed by atoms with Crippen LogP contribution in [-0.2, 0) is 6.18 Å². The number of nitriles is 1. The molecule has 1 aromatic carbocycles. The summed E-state index contributed by atoms with van der Waals surface area (Å²) in [5.74, 6) is 0. The number of hydrogen-bond acceptors (Lipinski definition) is 5. The van der Waals surface area contributed by atoms with Crippen LogP contribution < -0.4 is 10.4 Å². The third-order valence-corrected chi connectivity index (χ3v) is 4.08. The molecular weight excluding hydrogens is 360 g/mol. The van der Waals surface area contributed by atoms with Crippen LogP contribution in [0.5, 0.6) is 0 Å². The van der Waals surface area contributed by atoms with Crippen LogP contribution in [0, 0.1) is 11.3 Å². The summed E-state index contributed by atoms with van der Waals surface area (Å²) in [4.78, 5) is 2.96. The van der Waals surface area contributed by atoms with Crippen molar-refractivity contribution in [2.45, 2.75) is 6.18 Å². The molecule has 1 aromatic heterocycles. The Morgan fingerprint density at radius 3 is 2.55 bits per heavy atom. The third kappa shape index (κ3) is 3.55. The molecule has 0 aliphatic heterocycles. The number of rotatable bonds is 3. The molecular formula is C12H7Cl2F3N4S. The van der Waals surface area contributed by atoms with Crippen LogP contribution in [-0.4, -0.2) is 12.0 Å². The molecule has 1 heterocycles. The molecule has 0 atom stereocenters. The molecule has 0 radical (unpaired) electrons. The monoisotopic (exact) mass is 366 g/mol. The highest BCUT2D eigenvalue weighted by Crippen LogP contribution is 2.37. The summed E-state index contributed by atoms with van der Waals surface area (Å²) in [6, 6.07) is 6.14. The molecule has 2 rings (SSSR count). The fourth-order valence-electron chi connectivity index (χ4n) is 1.53. The van der Waals surface area contributed by atoms with Crippen LogP contribution in [0.4, 0.5) is 24.0 Å². The van der Waals surface area contributed by atoms with Crippen molar-refractivity contribution < 1.29 is 13.2 Å². The number of nitrogens with one attached hydrogen (secondary N) is 1. The molecule has 0 bridgehead atoms. The number of halogens is 5. The van der Waals surface area contributed by atoms with E-state index >= 15 is 0 Å². The molecule has 0 saturated carbocycles. The number of alkyl halides is 3. The number of benzene rings is 1.